The molecule has 0 amide bonds. The highest BCUT2D eigenvalue weighted by atomic mass is 15.0. The first kappa shape index (κ1) is 22.7. The zero-order valence-corrected chi connectivity index (χ0v) is 23.1. The summed E-state index contributed by atoms with van der Waals surface area (Å²) in [4.78, 5) is 0. The molecule has 2 heteroatoms. The van der Waals surface area contributed by atoms with Gasteiger partial charge < -0.3 is 9.13 Å². The lowest BCUT2D eigenvalue weighted by atomic mass is 9.82. The number of rotatable bonds is 2. The van der Waals surface area contributed by atoms with E-state index in [1.165, 1.54) is 77.2 Å². The second kappa shape index (κ2) is 7.99. The van der Waals surface area contributed by atoms with Gasteiger partial charge in [0.15, 0.2) is 0 Å². The van der Waals surface area contributed by atoms with Crippen molar-refractivity contribution >= 4 is 43.6 Å². The van der Waals surface area contributed by atoms with E-state index < -0.39 is 0 Å². The molecule has 0 aliphatic heterocycles. The van der Waals surface area contributed by atoms with Crippen LogP contribution < -0.4 is 0 Å². The number of hydrogen-bond acceptors (Lipinski definition) is 0. The van der Waals surface area contributed by atoms with Gasteiger partial charge in [0, 0.05) is 32.6 Å². The molecule has 1 aliphatic rings. The molecule has 194 valence electrons. The number of fused-ring (bicyclic) bond motifs is 9. The maximum absolute atomic E-state index is 2.45. The summed E-state index contributed by atoms with van der Waals surface area (Å²) < 4.78 is 4.90. The monoisotopic (exact) mass is 524 g/mol. The van der Waals surface area contributed by atoms with Crippen molar-refractivity contribution in [1.29, 1.82) is 0 Å². The van der Waals surface area contributed by atoms with Crippen LogP contribution in [0, 0.1) is 0 Å². The number of para-hydroxylation sites is 3. The molecular weight excluding hydrogens is 496 g/mol. The molecule has 8 aromatic rings. The number of hydrogen-bond donors (Lipinski definition) is 0. The maximum atomic E-state index is 2.45. The topological polar surface area (TPSA) is 9.86 Å². The van der Waals surface area contributed by atoms with E-state index in [0.29, 0.717) is 0 Å². The average Bonchev–Trinajstić information content (AvgIpc) is 3.61. The van der Waals surface area contributed by atoms with E-state index in [-0.39, 0.29) is 5.41 Å². The number of aromatic nitrogens is 2. The van der Waals surface area contributed by atoms with Crippen LogP contribution in [0.3, 0.4) is 0 Å². The smallest absolute Gasteiger partial charge is 0.0562 e. The minimum atomic E-state index is -0.00497. The standard InChI is InChI=1S/C39H28N2/c1-39(2)31-16-7-3-12-26(31)30-24-25(22-23-32(30)39)40-35-19-10-6-15-29(35)38-36(40)20-11-21-37(38)41-33-17-8-4-13-27(33)28-14-5-9-18-34(28)41/h3-24H,1-2H3. The fraction of sp³-hybridized carbons (Fsp3) is 0.0769. The summed E-state index contributed by atoms with van der Waals surface area (Å²) in [5.74, 6) is 0. The second-order valence-corrected chi connectivity index (χ2v) is 11.8. The number of nitrogens with zero attached hydrogens (tertiary/aromatic N) is 2. The summed E-state index contributed by atoms with van der Waals surface area (Å²) in [6.45, 7) is 4.69. The van der Waals surface area contributed by atoms with Crippen molar-refractivity contribution in [2.45, 2.75) is 19.3 Å². The third-order valence-electron chi connectivity index (χ3n) is 9.32. The van der Waals surface area contributed by atoms with E-state index in [1.54, 1.807) is 0 Å². The first-order valence-electron chi connectivity index (χ1n) is 14.4. The van der Waals surface area contributed by atoms with Gasteiger partial charge in [-0.2, -0.15) is 0 Å². The quantitative estimate of drug-likeness (QED) is 0.213. The third-order valence-corrected chi connectivity index (χ3v) is 9.32. The highest BCUT2D eigenvalue weighted by molar-refractivity contribution is 6.16. The Bertz CT molecular complexity index is 2290. The van der Waals surface area contributed by atoms with Crippen molar-refractivity contribution in [2.75, 3.05) is 0 Å². The van der Waals surface area contributed by atoms with Crippen LogP contribution in [0.5, 0.6) is 0 Å². The van der Waals surface area contributed by atoms with Crippen LogP contribution >= 0.6 is 0 Å². The van der Waals surface area contributed by atoms with E-state index in [9.17, 15) is 0 Å². The minimum Gasteiger partial charge on any atom is -0.309 e. The van der Waals surface area contributed by atoms with Gasteiger partial charge in [-0.3, -0.25) is 0 Å². The van der Waals surface area contributed by atoms with Gasteiger partial charge in [-0.15, -0.1) is 0 Å². The molecular formula is C39H28N2. The summed E-state index contributed by atoms with van der Waals surface area (Å²) >= 11 is 0. The Morgan fingerprint density at radius 2 is 1.00 bits per heavy atom. The molecule has 0 unspecified atom stereocenters. The van der Waals surface area contributed by atoms with Gasteiger partial charge in [-0.05, 0) is 64.7 Å². The van der Waals surface area contributed by atoms with Gasteiger partial charge in [0.25, 0.3) is 0 Å². The predicted octanol–water partition coefficient (Wildman–Crippen LogP) is 10.2. The van der Waals surface area contributed by atoms with E-state index in [2.05, 4.69) is 156 Å². The van der Waals surface area contributed by atoms with Crippen molar-refractivity contribution in [3.8, 4) is 22.5 Å². The largest absolute Gasteiger partial charge is 0.309 e. The molecule has 0 bridgehead atoms. The zero-order valence-electron chi connectivity index (χ0n) is 23.1. The lowest BCUT2D eigenvalue weighted by Gasteiger charge is -2.21. The van der Waals surface area contributed by atoms with Gasteiger partial charge in [-0.25, -0.2) is 0 Å². The Labute approximate surface area is 238 Å². The Balaban J connectivity index is 1.38. The lowest BCUT2D eigenvalue weighted by molar-refractivity contribution is 0.660. The van der Waals surface area contributed by atoms with Gasteiger partial charge >= 0.3 is 0 Å². The zero-order chi connectivity index (χ0) is 27.3. The van der Waals surface area contributed by atoms with E-state index in [1.807, 2.05) is 0 Å². The molecule has 41 heavy (non-hydrogen) atoms. The van der Waals surface area contributed by atoms with Crippen LogP contribution in [0.1, 0.15) is 25.0 Å². The molecule has 0 saturated carbocycles. The third kappa shape index (κ3) is 2.92. The molecule has 2 aromatic heterocycles. The van der Waals surface area contributed by atoms with Gasteiger partial charge in [0.05, 0.1) is 27.8 Å². The highest BCUT2D eigenvalue weighted by Gasteiger charge is 2.35. The van der Waals surface area contributed by atoms with Crippen molar-refractivity contribution < 1.29 is 0 Å². The predicted molar refractivity (Wildman–Crippen MR) is 173 cm³/mol. The Morgan fingerprint density at radius 1 is 0.439 bits per heavy atom. The Morgan fingerprint density at radius 3 is 1.73 bits per heavy atom. The SMILES string of the molecule is CC1(C)c2ccccc2-c2cc(-n3c4ccccc4c4c(-n5c6ccccc6c6ccccc65)cccc43)ccc21. The van der Waals surface area contributed by atoms with Crippen LogP contribution in [-0.2, 0) is 5.41 Å². The minimum absolute atomic E-state index is 0.00497. The summed E-state index contributed by atoms with van der Waals surface area (Å²) in [6.07, 6.45) is 0. The molecule has 0 spiro atoms. The molecule has 0 N–H and O–H groups in total. The molecule has 0 saturated heterocycles. The van der Waals surface area contributed by atoms with E-state index in [4.69, 9.17) is 0 Å². The van der Waals surface area contributed by atoms with Crippen LogP contribution in [0.2, 0.25) is 0 Å². The highest BCUT2D eigenvalue weighted by Crippen LogP contribution is 2.49. The fourth-order valence-corrected chi connectivity index (χ4v) is 7.49. The van der Waals surface area contributed by atoms with Gasteiger partial charge in [-0.1, -0.05) is 105 Å². The van der Waals surface area contributed by atoms with Crippen LogP contribution in [0.4, 0.5) is 0 Å². The normalized spacial score (nSPS) is 13.8. The summed E-state index contributed by atoms with van der Waals surface area (Å²) in [6, 6.07) is 49.1. The Kier molecular flexibility index (Phi) is 4.42. The molecule has 9 rings (SSSR count). The molecule has 1 aliphatic carbocycles. The van der Waals surface area contributed by atoms with E-state index >= 15 is 0 Å². The van der Waals surface area contributed by atoms with Gasteiger partial charge in [0.2, 0.25) is 0 Å². The van der Waals surface area contributed by atoms with E-state index in [0.717, 1.165) is 0 Å². The van der Waals surface area contributed by atoms with Crippen molar-refractivity contribution in [1.82, 2.24) is 9.13 Å². The van der Waals surface area contributed by atoms with Gasteiger partial charge in [0.1, 0.15) is 0 Å². The van der Waals surface area contributed by atoms with Crippen LogP contribution in [0.25, 0.3) is 66.1 Å². The molecule has 0 radical (unpaired) electrons. The number of benzene rings is 6. The lowest BCUT2D eigenvalue weighted by Crippen LogP contribution is -2.14. The molecule has 2 heterocycles. The first-order valence-corrected chi connectivity index (χ1v) is 14.4. The summed E-state index contributed by atoms with van der Waals surface area (Å²) in [7, 11) is 0. The fourth-order valence-electron chi connectivity index (χ4n) is 7.49. The average molecular weight is 525 g/mol. The van der Waals surface area contributed by atoms with Crippen LogP contribution in [-0.4, -0.2) is 9.13 Å². The maximum Gasteiger partial charge on any atom is 0.0562 e. The Hall–Kier alpha value is -5.08. The first-order chi connectivity index (χ1) is 20.1. The van der Waals surface area contributed by atoms with Crippen molar-refractivity contribution in [3.63, 3.8) is 0 Å². The molecule has 0 atom stereocenters. The summed E-state index contributed by atoms with van der Waals surface area (Å²) in [5, 5.41) is 5.10. The van der Waals surface area contributed by atoms with Crippen LogP contribution in [0.15, 0.2) is 133 Å². The van der Waals surface area contributed by atoms with Crippen molar-refractivity contribution in [2.24, 2.45) is 0 Å². The second-order valence-electron chi connectivity index (χ2n) is 11.8. The molecule has 6 aromatic carbocycles. The molecule has 2 nitrogen and oxygen atoms in total. The molecule has 0 fully saturated rings. The van der Waals surface area contributed by atoms with Crippen molar-refractivity contribution in [3.05, 3.63) is 145 Å². The summed E-state index contributed by atoms with van der Waals surface area (Å²) in [5.41, 5.74) is 12.8.